The predicted octanol–water partition coefficient (Wildman–Crippen LogP) is -0.414. The van der Waals surface area contributed by atoms with Gasteiger partial charge < -0.3 is 10.5 Å². The van der Waals surface area contributed by atoms with Crippen molar-refractivity contribution < 1.29 is 13.2 Å². The van der Waals surface area contributed by atoms with Crippen LogP contribution in [-0.4, -0.2) is 49.2 Å². The molecule has 1 unspecified atom stereocenters. The second-order valence-corrected chi connectivity index (χ2v) is 6.29. The van der Waals surface area contributed by atoms with Gasteiger partial charge in [-0.15, -0.1) is 0 Å². The number of H-pyrrole nitrogens is 1. The fraction of sp³-hybridized carbons (Fsp3) is 0.700. The van der Waals surface area contributed by atoms with E-state index in [0.717, 1.165) is 0 Å². The third kappa shape index (κ3) is 2.16. The van der Waals surface area contributed by atoms with Crippen LogP contribution in [0.5, 0.6) is 0 Å². The number of nitrogens with one attached hydrogen (secondary N) is 1. The molecule has 102 valence electrons. The van der Waals surface area contributed by atoms with Crippen molar-refractivity contribution in [1.82, 2.24) is 14.5 Å². The minimum Gasteiger partial charge on any atom is -0.380 e. The minimum atomic E-state index is -3.61. The largest absolute Gasteiger partial charge is 0.380 e. The predicted molar refractivity (Wildman–Crippen MR) is 65.4 cm³/mol. The average molecular weight is 274 g/mol. The summed E-state index contributed by atoms with van der Waals surface area (Å²) >= 11 is 0. The molecule has 0 bridgehead atoms. The van der Waals surface area contributed by atoms with Gasteiger partial charge in [0, 0.05) is 31.5 Å². The molecule has 1 aromatic rings. The van der Waals surface area contributed by atoms with Crippen molar-refractivity contribution in [3.63, 3.8) is 0 Å². The van der Waals surface area contributed by atoms with Crippen LogP contribution in [0.4, 0.5) is 0 Å². The zero-order valence-corrected chi connectivity index (χ0v) is 11.3. The maximum atomic E-state index is 12.4. The molecule has 7 nitrogen and oxygen atoms in total. The standard InChI is InChI=1S/C10H18N4O3S/c1-7-9(5-11)10(13-12-7)18(15,16)14(2)8-3-4-17-6-8/h8H,3-6,11H2,1-2H3,(H,12,13). The molecule has 0 spiro atoms. The van der Waals surface area contributed by atoms with Gasteiger partial charge in [-0.2, -0.15) is 9.40 Å². The molecular formula is C10H18N4O3S. The highest BCUT2D eigenvalue weighted by Crippen LogP contribution is 2.23. The number of nitrogens with two attached hydrogens (primary N) is 1. The average Bonchev–Trinajstić information content (AvgIpc) is 2.96. The van der Waals surface area contributed by atoms with Crippen molar-refractivity contribution in [2.75, 3.05) is 20.3 Å². The summed E-state index contributed by atoms with van der Waals surface area (Å²) in [6.45, 7) is 2.92. The number of aryl methyl sites for hydroxylation is 1. The monoisotopic (exact) mass is 274 g/mol. The van der Waals surface area contributed by atoms with Crippen LogP contribution >= 0.6 is 0 Å². The SMILES string of the molecule is Cc1[nH]nc(S(=O)(=O)N(C)C2CCOC2)c1CN. The summed E-state index contributed by atoms with van der Waals surface area (Å²) < 4.78 is 31.4. The van der Waals surface area contributed by atoms with Gasteiger partial charge in [0.25, 0.3) is 10.0 Å². The molecule has 3 N–H and O–H groups in total. The summed E-state index contributed by atoms with van der Waals surface area (Å²) in [4.78, 5) is 0. The summed E-state index contributed by atoms with van der Waals surface area (Å²) in [6, 6.07) is -0.127. The first-order valence-electron chi connectivity index (χ1n) is 5.78. The van der Waals surface area contributed by atoms with Gasteiger partial charge in [-0.3, -0.25) is 5.10 Å². The molecule has 1 fully saturated rings. The van der Waals surface area contributed by atoms with E-state index in [-0.39, 0.29) is 17.6 Å². The summed E-state index contributed by atoms with van der Waals surface area (Å²) in [7, 11) is -2.06. The lowest BCUT2D eigenvalue weighted by Crippen LogP contribution is -2.38. The van der Waals surface area contributed by atoms with E-state index in [0.29, 0.717) is 30.9 Å². The number of rotatable bonds is 4. The number of ether oxygens (including phenoxy) is 1. The van der Waals surface area contributed by atoms with Gasteiger partial charge in [-0.1, -0.05) is 0 Å². The fourth-order valence-electron chi connectivity index (χ4n) is 2.03. The normalized spacial score (nSPS) is 20.8. The summed E-state index contributed by atoms with van der Waals surface area (Å²) in [5.41, 5.74) is 6.81. The fourth-order valence-corrected chi connectivity index (χ4v) is 3.57. The minimum absolute atomic E-state index is 0.0249. The maximum Gasteiger partial charge on any atom is 0.262 e. The van der Waals surface area contributed by atoms with Crippen LogP contribution in [0, 0.1) is 6.92 Å². The highest BCUT2D eigenvalue weighted by molar-refractivity contribution is 7.89. The Bertz CT molecular complexity index is 519. The number of aromatic nitrogens is 2. The van der Waals surface area contributed by atoms with E-state index >= 15 is 0 Å². The number of hydrogen-bond donors (Lipinski definition) is 2. The van der Waals surface area contributed by atoms with E-state index in [9.17, 15) is 8.42 Å². The lowest BCUT2D eigenvalue weighted by Gasteiger charge is -2.21. The van der Waals surface area contributed by atoms with Gasteiger partial charge in [0.2, 0.25) is 0 Å². The lowest BCUT2D eigenvalue weighted by atomic mass is 10.3. The molecule has 1 aromatic heterocycles. The molecule has 1 aliphatic heterocycles. The molecular weight excluding hydrogens is 256 g/mol. The Hall–Kier alpha value is -0.960. The molecule has 0 amide bonds. The van der Waals surface area contributed by atoms with Crippen molar-refractivity contribution in [2.45, 2.75) is 31.0 Å². The first-order valence-corrected chi connectivity index (χ1v) is 7.22. The Labute approximate surface area is 106 Å². The number of aromatic amines is 1. The number of sulfonamides is 1. The Morgan fingerprint density at radius 1 is 1.61 bits per heavy atom. The third-order valence-corrected chi connectivity index (χ3v) is 5.17. The van der Waals surface area contributed by atoms with Crippen LogP contribution in [-0.2, 0) is 21.3 Å². The molecule has 0 aliphatic carbocycles. The number of hydrogen-bond acceptors (Lipinski definition) is 5. The molecule has 2 heterocycles. The zero-order valence-electron chi connectivity index (χ0n) is 10.5. The van der Waals surface area contributed by atoms with Crippen LogP contribution < -0.4 is 5.73 Å². The Morgan fingerprint density at radius 2 is 2.33 bits per heavy atom. The molecule has 18 heavy (non-hydrogen) atoms. The van der Waals surface area contributed by atoms with Crippen LogP contribution in [0.25, 0.3) is 0 Å². The molecule has 1 atom stereocenters. The molecule has 1 aliphatic rings. The van der Waals surface area contributed by atoms with E-state index in [2.05, 4.69) is 10.2 Å². The lowest BCUT2D eigenvalue weighted by molar-refractivity contribution is 0.180. The van der Waals surface area contributed by atoms with Gasteiger partial charge in [0.1, 0.15) is 0 Å². The van der Waals surface area contributed by atoms with Gasteiger partial charge >= 0.3 is 0 Å². The molecule has 0 saturated carbocycles. The molecule has 1 saturated heterocycles. The Morgan fingerprint density at radius 3 is 2.89 bits per heavy atom. The number of nitrogens with zero attached hydrogens (tertiary/aromatic N) is 2. The van der Waals surface area contributed by atoms with E-state index in [1.807, 2.05) is 0 Å². The second-order valence-electron chi connectivity index (χ2n) is 4.38. The van der Waals surface area contributed by atoms with E-state index in [1.54, 1.807) is 14.0 Å². The van der Waals surface area contributed by atoms with Crippen molar-refractivity contribution in [1.29, 1.82) is 0 Å². The van der Waals surface area contributed by atoms with Gasteiger partial charge in [-0.25, -0.2) is 8.42 Å². The quantitative estimate of drug-likeness (QED) is 0.777. The Kier molecular flexibility index (Phi) is 3.71. The van der Waals surface area contributed by atoms with Crippen LogP contribution in [0.1, 0.15) is 17.7 Å². The first-order chi connectivity index (χ1) is 8.48. The Balaban J connectivity index is 2.35. The maximum absolute atomic E-state index is 12.4. The van der Waals surface area contributed by atoms with Crippen LogP contribution in [0.3, 0.4) is 0 Å². The van der Waals surface area contributed by atoms with Crippen LogP contribution in [0.15, 0.2) is 5.03 Å². The summed E-state index contributed by atoms with van der Waals surface area (Å²) in [5, 5.41) is 6.57. The highest BCUT2D eigenvalue weighted by atomic mass is 32.2. The summed E-state index contributed by atoms with van der Waals surface area (Å²) in [5.74, 6) is 0. The molecule has 2 rings (SSSR count). The highest BCUT2D eigenvalue weighted by Gasteiger charge is 2.34. The first kappa shape index (κ1) is 13.5. The second kappa shape index (κ2) is 4.96. The smallest absolute Gasteiger partial charge is 0.262 e. The number of likely N-dealkylation sites (N-methyl/N-ethyl adjacent to an activating group) is 1. The van der Waals surface area contributed by atoms with Crippen molar-refractivity contribution in [2.24, 2.45) is 5.73 Å². The molecule has 8 heteroatoms. The van der Waals surface area contributed by atoms with Crippen molar-refractivity contribution >= 4 is 10.0 Å². The zero-order chi connectivity index (χ0) is 13.3. The topological polar surface area (TPSA) is 101 Å². The van der Waals surface area contributed by atoms with Crippen molar-refractivity contribution in [3.8, 4) is 0 Å². The molecule has 0 aromatic carbocycles. The summed E-state index contributed by atoms with van der Waals surface area (Å²) in [6.07, 6.45) is 0.705. The van der Waals surface area contributed by atoms with E-state index in [4.69, 9.17) is 10.5 Å². The van der Waals surface area contributed by atoms with Gasteiger partial charge in [-0.05, 0) is 13.3 Å². The van der Waals surface area contributed by atoms with Gasteiger partial charge in [0.15, 0.2) is 5.03 Å². The van der Waals surface area contributed by atoms with Crippen LogP contribution in [0.2, 0.25) is 0 Å². The third-order valence-electron chi connectivity index (χ3n) is 3.28. The van der Waals surface area contributed by atoms with Gasteiger partial charge in [0.05, 0.1) is 12.6 Å². The molecule has 0 radical (unpaired) electrons. The van der Waals surface area contributed by atoms with E-state index < -0.39 is 10.0 Å². The van der Waals surface area contributed by atoms with E-state index in [1.165, 1.54) is 4.31 Å². The van der Waals surface area contributed by atoms with Crippen molar-refractivity contribution in [3.05, 3.63) is 11.3 Å².